The zero-order valence-corrected chi connectivity index (χ0v) is 11.5. The van der Waals surface area contributed by atoms with Crippen molar-refractivity contribution in [1.29, 1.82) is 5.26 Å². The summed E-state index contributed by atoms with van der Waals surface area (Å²) in [4.78, 5) is 26.5. The maximum Gasteiger partial charge on any atom is 0.258 e. The van der Waals surface area contributed by atoms with Gasteiger partial charge < -0.3 is 10.3 Å². The minimum absolute atomic E-state index is 0.0818. The van der Waals surface area contributed by atoms with Gasteiger partial charge in [0.1, 0.15) is 11.6 Å². The first kappa shape index (κ1) is 15.4. The summed E-state index contributed by atoms with van der Waals surface area (Å²) in [6, 6.07) is 4.67. The van der Waals surface area contributed by atoms with Crippen molar-refractivity contribution in [1.82, 2.24) is 10.3 Å². The molecule has 1 unspecified atom stereocenters. The molecule has 1 aromatic carbocycles. The zero-order chi connectivity index (χ0) is 16.3. The van der Waals surface area contributed by atoms with Crippen LogP contribution >= 0.6 is 0 Å². The van der Waals surface area contributed by atoms with E-state index >= 15 is 0 Å². The van der Waals surface area contributed by atoms with Crippen molar-refractivity contribution in [2.45, 2.75) is 13.0 Å². The normalized spacial score (nSPS) is 11.5. The number of carbonyl (C=O) groups is 1. The fourth-order valence-corrected chi connectivity index (χ4v) is 1.84. The van der Waals surface area contributed by atoms with Crippen LogP contribution in [0.5, 0.6) is 0 Å². The number of hydrogen-bond donors (Lipinski definition) is 2. The Morgan fingerprint density at radius 1 is 1.32 bits per heavy atom. The minimum Gasteiger partial charge on any atom is -0.364 e. The number of hydrogen-bond acceptors (Lipinski definition) is 3. The number of rotatable bonds is 3. The van der Waals surface area contributed by atoms with Crippen LogP contribution in [0.15, 0.2) is 35.3 Å². The smallest absolute Gasteiger partial charge is 0.258 e. The standard InChI is InChI=1S/C15H11F2N3O2/c1-8-4-14(21)10(7-19-8)15(22)20-13(6-18)9-2-3-11(16)12(17)5-9/h2-5,7,13H,1H3,(H,19,21)(H,20,22). The van der Waals surface area contributed by atoms with Crippen LogP contribution in [-0.2, 0) is 0 Å². The first-order valence-electron chi connectivity index (χ1n) is 6.27. The molecule has 2 N–H and O–H groups in total. The van der Waals surface area contributed by atoms with Gasteiger partial charge in [-0.1, -0.05) is 6.07 Å². The van der Waals surface area contributed by atoms with Crippen molar-refractivity contribution in [3.05, 3.63) is 69.1 Å². The van der Waals surface area contributed by atoms with Gasteiger partial charge in [0.05, 0.1) is 6.07 Å². The van der Waals surface area contributed by atoms with E-state index in [0.29, 0.717) is 5.69 Å². The lowest BCUT2D eigenvalue weighted by Gasteiger charge is -2.12. The molecule has 0 bridgehead atoms. The number of amides is 1. The summed E-state index contributed by atoms with van der Waals surface area (Å²) < 4.78 is 26.1. The average molecular weight is 303 g/mol. The first-order valence-corrected chi connectivity index (χ1v) is 6.27. The summed E-state index contributed by atoms with van der Waals surface area (Å²) in [7, 11) is 0. The summed E-state index contributed by atoms with van der Waals surface area (Å²) in [5.74, 6) is -2.96. The molecule has 0 saturated heterocycles. The van der Waals surface area contributed by atoms with Crippen molar-refractivity contribution < 1.29 is 13.6 Å². The number of H-pyrrole nitrogens is 1. The highest BCUT2D eigenvalue weighted by molar-refractivity contribution is 5.94. The second kappa shape index (κ2) is 6.18. The van der Waals surface area contributed by atoms with Gasteiger partial charge >= 0.3 is 0 Å². The van der Waals surface area contributed by atoms with Gasteiger partial charge in [0.25, 0.3) is 5.91 Å². The lowest BCUT2D eigenvalue weighted by Crippen LogP contribution is -2.31. The lowest BCUT2D eigenvalue weighted by molar-refractivity contribution is 0.0943. The van der Waals surface area contributed by atoms with Crippen molar-refractivity contribution >= 4 is 5.91 Å². The monoisotopic (exact) mass is 303 g/mol. The second-order valence-electron chi connectivity index (χ2n) is 4.60. The van der Waals surface area contributed by atoms with Gasteiger partial charge in [0, 0.05) is 18.0 Å². The van der Waals surface area contributed by atoms with Crippen LogP contribution in [0, 0.1) is 29.9 Å². The van der Waals surface area contributed by atoms with Gasteiger partial charge in [-0.3, -0.25) is 9.59 Å². The van der Waals surface area contributed by atoms with Crippen molar-refractivity contribution in [2.75, 3.05) is 0 Å². The molecule has 0 aliphatic rings. The number of nitriles is 1. The molecule has 1 atom stereocenters. The Morgan fingerprint density at radius 2 is 2.05 bits per heavy atom. The lowest BCUT2D eigenvalue weighted by atomic mass is 10.1. The number of pyridine rings is 1. The van der Waals surface area contributed by atoms with E-state index in [0.717, 1.165) is 12.1 Å². The van der Waals surface area contributed by atoms with E-state index in [1.54, 1.807) is 13.0 Å². The zero-order valence-electron chi connectivity index (χ0n) is 11.5. The molecule has 112 valence electrons. The number of benzene rings is 1. The Labute approximate surface area is 124 Å². The second-order valence-corrected chi connectivity index (χ2v) is 4.60. The predicted molar refractivity (Wildman–Crippen MR) is 74.0 cm³/mol. The molecule has 2 aromatic rings. The Hall–Kier alpha value is -3.01. The SMILES string of the molecule is Cc1cc(=O)c(C(=O)NC(C#N)c2ccc(F)c(F)c2)c[nH]1. The number of nitrogens with one attached hydrogen (secondary N) is 2. The van der Waals surface area contributed by atoms with Crippen LogP contribution in [-0.4, -0.2) is 10.9 Å². The number of nitrogens with zero attached hydrogens (tertiary/aromatic N) is 1. The van der Waals surface area contributed by atoms with Gasteiger partial charge in [-0.05, 0) is 24.6 Å². The molecular weight excluding hydrogens is 292 g/mol. The molecule has 0 radical (unpaired) electrons. The predicted octanol–water partition coefficient (Wildman–Crippen LogP) is 1.96. The number of carbonyl (C=O) groups excluding carboxylic acids is 1. The molecular formula is C15H11F2N3O2. The first-order chi connectivity index (χ1) is 10.4. The number of halogens is 2. The highest BCUT2D eigenvalue weighted by Crippen LogP contribution is 2.16. The Kier molecular flexibility index (Phi) is 4.32. The highest BCUT2D eigenvalue weighted by Gasteiger charge is 2.18. The van der Waals surface area contributed by atoms with Crippen molar-refractivity contribution in [3.8, 4) is 6.07 Å². The van der Waals surface area contributed by atoms with E-state index in [4.69, 9.17) is 5.26 Å². The van der Waals surface area contributed by atoms with E-state index < -0.39 is 29.0 Å². The van der Waals surface area contributed by atoms with E-state index in [1.165, 1.54) is 18.3 Å². The largest absolute Gasteiger partial charge is 0.364 e. The van der Waals surface area contributed by atoms with Gasteiger partial charge in [-0.25, -0.2) is 8.78 Å². The average Bonchev–Trinajstić information content (AvgIpc) is 2.47. The molecule has 0 aliphatic carbocycles. The van der Waals surface area contributed by atoms with E-state index in [9.17, 15) is 18.4 Å². The Bertz CT molecular complexity index is 824. The Morgan fingerprint density at radius 3 is 2.64 bits per heavy atom. The molecule has 0 fully saturated rings. The highest BCUT2D eigenvalue weighted by atomic mass is 19.2. The number of aromatic nitrogens is 1. The molecule has 1 amide bonds. The molecule has 0 spiro atoms. The molecule has 5 nitrogen and oxygen atoms in total. The van der Waals surface area contributed by atoms with Gasteiger partial charge in [-0.2, -0.15) is 5.26 Å². The van der Waals surface area contributed by atoms with Crippen LogP contribution in [0.2, 0.25) is 0 Å². The Balaban J connectivity index is 2.26. The van der Waals surface area contributed by atoms with Crippen LogP contribution in [0.1, 0.15) is 27.7 Å². The van der Waals surface area contributed by atoms with Crippen LogP contribution in [0.25, 0.3) is 0 Å². The third-order valence-corrected chi connectivity index (χ3v) is 2.98. The molecule has 0 saturated carbocycles. The summed E-state index contributed by atoms with van der Waals surface area (Å²) >= 11 is 0. The summed E-state index contributed by atoms with van der Waals surface area (Å²) in [5, 5.41) is 11.4. The number of aromatic amines is 1. The summed E-state index contributed by atoms with van der Waals surface area (Å²) in [6.45, 7) is 1.66. The van der Waals surface area contributed by atoms with Crippen molar-refractivity contribution in [3.63, 3.8) is 0 Å². The van der Waals surface area contributed by atoms with Crippen molar-refractivity contribution in [2.24, 2.45) is 0 Å². The summed E-state index contributed by atoms with van der Waals surface area (Å²) in [5.41, 5.74) is -0.0126. The van der Waals surface area contributed by atoms with Crippen LogP contribution in [0.3, 0.4) is 0 Å². The molecule has 0 aliphatic heterocycles. The van der Waals surface area contributed by atoms with E-state index in [-0.39, 0.29) is 11.1 Å². The van der Waals surface area contributed by atoms with Crippen LogP contribution in [0.4, 0.5) is 8.78 Å². The van der Waals surface area contributed by atoms with Gasteiger partial charge in [0.2, 0.25) is 0 Å². The van der Waals surface area contributed by atoms with Gasteiger partial charge in [0.15, 0.2) is 17.1 Å². The fraction of sp³-hybridized carbons (Fsp3) is 0.133. The third-order valence-electron chi connectivity index (χ3n) is 2.98. The minimum atomic E-state index is -1.21. The van der Waals surface area contributed by atoms with E-state index in [2.05, 4.69) is 10.3 Å². The maximum atomic E-state index is 13.2. The van der Waals surface area contributed by atoms with Gasteiger partial charge in [-0.15, -0.1) is 0 Å². The van der Waals surface area contributed by atoms with Crippen LogP contribution < -0.4 is 10.7 Å². The fourth-order valence-electron chi connectivity index (χ4n) is 1.84. The molecule has 1 heterocycles. The number of aryl methyl sites for hydroxylation is 1. The third kappa shape index (κ3) is 3.17. The molecule has 7 heteroatoms. The maximum absolute atomic E-state index is 13.2. The summed E-state index contributed by atoms with van der Waals surface area (Å²) in [6.07, 6.45) is 1.23. The quantitative estimate of drug-likeness (QED) is 0.908. The molecule has 1 aromatic heterocycles. The molecule has 2 rings (SSSR count). The molecule has 22 heavy (non-hydrogen) atoms. The topological polar surface area (TPSA) is 85.8 Å². The van der Waals surface area contributed by atoms with E-state index in [1.807, 2.05) is 0 Å².